The van der Waals surface area contributed by atoms with Gasteiger partial charge in [0, 0.05) is 35.5 Å². The maximum atomic E-state index is 14.6. The Morgan fingerprint density at radius 3 is 2.58 bits per heavy atom. The topological polar surface area (TPSA) is 139 Å². The van der Waals surface area contributed by atoms with Crippen LogP contribution in [0.3, 0.4) is 0 Å². The van der Waals surface area contributed by atoms with Crippen LogP contribution in [0.2, 0.25) is 0 Å². The van der Waals surface area contributed by atoms with E-state index in [1.54, 1.807) is 30.7 Å². The van der Waals surface area contributed by atoms with E-state index in [0.29, 0.717) is 51.7 Å². The number of aromatic nitrogens is 6. The van der Waals surface area contributed by atoms with Crippen LogP contribution < -0.4 is 9.46 Å². The Morgan fingerprint density at radius 2 is 1.73 bits per heavy atom. The zero-order valence-corrected chi connectivity index (χ0v) is 24.8. The van der Waals surface area contributed by atoms with E-state index < -0.39 is 15.8 Å². The number of hydrogen-bond acceptors (Lipinski definition) is 7. The predicted octanol–water partition coefficient (Wildman–Crippen LogP) is 6.00. The van der Waals surface area contributed by atoms with E-state index in [9.17, 15) is 12.8 Å². The highest BCUT2D eigenvalue weighted by Crippen LogP contribution is 2.33. The number of ether oxygens (including phenoxy) is 1. The number of benzene rings is 3. The van der Waals surface area contributed by atoms with Gasteiger partial charge in [-0.15, -0.1) is 0 Å². The first-order valence-electron chi connectivity index (χ1n) is 14.0. The average molecular weight is 620 g/mol. The molecule has 12 heteroatoms. The molecule has 0 aliphatic heterocycles. The van der Waals surface area contributed by atoms with E-state index in [2.05, 4.69) is 29.9 Å². The Labute approximate surface area is 257 Å². The van der Waals surface area contributed by atoms with E-state index in [0.717, 1.165) is 33.8 Å². The molecule has 0 fully saturated rings. The second kappa shape index (κ2) is 11.6. The quantitative estimate of drug-likeness (QED) is 0.180. The summed E-state index contributed by atoms with van der Waals surface area (Å²) in [6, 6.07) is 24.0. The van der Waals surface area contributed by atoms with Crippen molar-refractivity contribution in [3.8, 4) is 39.7 Å². The standard InChI is InChI=1S/C33H26FN7O3S/c1-45(42,43)37-16-21-11-23(13-25(34)12-21)30-32-29(9-10-36-30)38-33(39-32)31-27-15-22(7-8-28(27)40-41-31)24-14-26(18-35-17-24)44-19-20-5-3-2-4-6-20/h2-15,17-18,37H,16,19H2,1H3,(H,38,39)(H,40,41). The molecule has 7 rings (SSSR count). The van der Waals surface area contributed by atoms with Crippen molar-refractivity contribution in [2.75, 3.05) is 6.26 Å². The minimum Gasteiger partial charge on any atom is -0.487 e. The second-order valence-corrected chi connectivity index (χ2v) is 12.4. The van der Waals surface area contributed by atoms with Crippen LogP contribution in [0.15, 0.2) is 97.5 Å². The Kier molecular flexibility index (Phi) is 7.28. The predicted molar refractivity (Wildman–Crippen MR) is 170 cm³/mol. The van der Waals surface area contributed by atoms with Crippen LogP contribution in [0.1, 0.15) is 11.1 Å². The number of sulfonamides is 1. The van der Waals surface area contributed by atoms with Crippen LogP contribution in [0, 0.1) is 5.82 Å². The number of hydrogen-bond donors (Lipinski definition) is 3. The normalized spacial score (nSPS) is 11.8. The molecule has 3 aromatic carbocycles. The van der Waals surface area contributed by atoms with Gasteiger partial charge in [0.1, 0.15) is 29.4 Å². The zero-order valence-electron chi connectivity index (χ0n) is 24.0. The number of rotatable bonds is 9. The Balaban J connectivity index is 1.22. The van der Waals surface area contributed by atoms with Crippen LogP contribution in [0.25, 0.3) is 55.8 Å². The smallest absolute Gasteiger partial charge is 0.209 e. The first-order chi connectivity index (χ1) is 21.8. The first kappa shape index (κ1) is 28.3. The maximum absolute atomic E-state index is 14.6. The number of imidazole rings is 1. The minimum absolute atomic E-state index is 0.0510. The lowest BCUT2D eigenvalue weighted by Gasteiger charge is -2.08. The largest absolute Gasteiger partial charge is 0.487 e. The number of aromatic amines is 2. The van der Waals surface area contributed by atoms with Gasteiger partial charge in [-0.05, 0) is 59.2 Å². The molecule has 0 spiro atoms. The third-order valence-corrected chi connectivity index (χ3v) is 7.92. The van der Waals surface area contributed by atoms with Crippen molar-refractivity contribution >= 4 is 32.0 Å². The molecule has 4 aromatic heterocycles. The van der Waals surface area contributed by atoms with Crippen molar-refractivity contribution in [2.24, 2.45) is 0 Å². The van der Waals surface area contributed by atoms with Crippen LogP contribution in [-0.2, 0) is 23.2 Å². The molecule has 0 atom stereocenters. The number of H-pyrrole nitrogens is 2. The SMILES string of the molecule is CS(=O)(=O)NCc1cc(F)cc(-c2nccc3[nH]c(-c4n[nH]c5ccc(-c6cncc(OCc7ccccc7)c6)cc45)nc23)c1. The molecule has 0 aliphatic carbocycles. The lowest BCUT2D eigenvalue weighted by Crippen LogP contribution is -2.21. The van der Waals surface area contributed by atoms with E-state index in [1.165, 1.54) is 12.1 Å². The molecule has 0 unspecified atom stereocenters. The first-order valence-corrected chi connectivity index (χ1v) is 15.9. The van der Waals surface area contributed by atoms with E-state index in [1.807, 2.05) is 54.6 Å². The molecule has 10 nitrogen and oxygen atoms in total. The van der Waals surface area contributed by atoms with Crippen molar-refractivity contribution in [1.29, 1.82) is 0 Å². The van der Waals surface area contributed by atoms with Gasteiger partial charge in [0.25, 0.3) is 0 Å². The summed E-state index contributed by atoms with van der Waals surface area (Å²) in [7, 11) is -3.45. The van der Waals surface area contributed by atoms with Crippen LogP contribution in [0.5, 0.6) is 5.75 Å². The molecule has 7 aromatic rings. The lowest BCUT2D eigenvalue weighted by molar-refractivity contribution is 0.305. The van der Waals surface area contributed by atoms with E-state index >= 15 is 0 Å². The van der Waals surface area contributed by atoms with Gasteiger partial charge in [-0.1, -0.05) is 36.4 Å². The number of pyridine rings is 2. The number of nitrogens with zero attached hydrogens (tertiary/aromatic N) is 4. The molecule has 3 N–H and O–H groups in total. The fourth-order valence-corrected chi connectivity index (χ4v) is 5.56. The van der Waals surface area contributed by atoms with Crippen molar-refractivity contribution in [3.05, 3.63) is 114 Å². The Bertz CT molecular complexity index is 2290. The summed E-state index contributed by atoms with van der Waals surface area (Å²) in [6.07, 6.45) is 6.14. The van der Waals surface area contributed by atoms with Gasteiger partial charge in [-0.25, -0.2) is 22.5 Å². The molecule has 0 aliphatic rings. The van der Waals surface area contributed by atoms with Gasteiger partial charge in [-0.3, -0.25) is 15.1 Å². The molecule has 0 bridgehead atoms. The highest BCUT2D eigenvalue weighted by Gasteiger charge is 2.18. The third-order valence-electron chi connectivity index (χ3n) is 7.25. The van der Waals surface area contributed by atoms with Gasteiger partial charge >= 0.3 is 0 Å². The van der Waals surface area contributed by atoms with Gasteiger partial charge < -0.3 is 9.72 Å². The Morgan fingerprint density at radius 1 is 0.867 bits per heavy atom. The number of fused-ring (bicyclic) bond motifs is 2. The average Bonchev–Trinajstić information content (AvgIpc) is 3.67. The van der Waals surface area contributed by atoms with Crippen molar-refractivity contribution < 1.29 is 17.5 Å². The van der Waals surface area contributed by atoms with Gasteiger partial charge in [0.05, 0.1) is 29.2 Å². The summed E-state index contributed by atoms with van der Waals surface area (Å²) < 4.78 is 46.1. The van der Waals surface area contributed by atoms with Crippen LogP contribution in [-0.4, -0.2) is 44.8 Å². The third kappa shape index (κ3) is 6.14. The summed E-state index contributed by atoms with van der Waals surface area (Å²) >= 11 is 0. The van der Waals surface area contributed by atoms with Crippen LogP contribution in [0.4, 0.5) is 4.39 Å². The lowest BCUT2D eigenvalue weighted by atomic mass is 10.0. The summed E-state index contributed by atoms with van der Waals surface area (Å²) in [5.41, 5.74) is 6.91. The molecule has 45 heavy (non-hydrogen) atoms. The highest BCUT2D eigenvalue weighted by molar-refractivity contribution is 7.88. The molecule has 4 heterocycles. The van der Waals surface area contributed by atoms with Crippen molar-refractivity contribution in [3.63, 3.8) is 0 Å². The van der Waals surface area contributed by atoms with Gasteiger partial charge in [0.15, 0.2) is 5.82 Å². The minimum atomic E-state index is -3.45. The second-order valence-electron chi connectivity index (χ2n) is 10.6. The maximum Gasteiger partial charge on any atom is 0.209 e. The summed E-state index contributed by atoms with van der Waals surface area (Å²) in [4.78, 5) is 17.0. The van der Waals surface area contributed by atoms with Crippen LogP contribution >= 0.6 is 0 Å². The molecule has 0 amide bonds. The number of halogens is 1. The molecular weight excluding hydrogens is 593 g/mol. The summed E-state index contributed by atoms with van der Waals surface area (Å²) in [5.74, 6) is 0.659. The summed E-state index contributed by atoms with van der Waals surface area (Å²) in [6.45, 7) is 0.388. The molecular formula is C33H26FN7O3S. The fraction of sp³-hybridized carbons (Fsp3) is 0.0909. The molecule has 224 valence electrons. The highest BCUT2D eigenvalue weighted by atomic mass is 32.2. The summed E-state index contributed by atoms with van der Waals surface area (Å²) in [5, 5.41) is 8.47. The van der Waals surface area contributed by atoms with Gasteiger partial charge in [0.2, 0.25) is 10.0 Å². The van der Waals surface area contributed by atoms with Crippen molar-refractivity contribution in [1.82, 2.24) is 34.9 Å². The van der Waals surface area contributed by atoms with E-state index in [4.69, 9.17) is 9.72 Å². The zero-order chi connectivity index (χ0) is 31.0. The van der Waals surface area contributed by atoms with E-state index in [-0.39, 0.29) is 6.54 Å². The van der Waals surface area contributed by atoms with Crippen molar-refractivity contribution in [2.45, 2.75) is 13.2 Å². The fourth-order valence-electron chi connectivity index (χ4n) is 5.13. The molecule has 0 saturated heterocycles. The molecule has 0 radical (unpaired) electrons. The Hall–Kier alpha value is -5.46. The van der Waals surface area contributed by atoms with Gasteiger partial charge in [-0.2, -0.15) is 5.10 Å². The number of nitrogens with one attached hydrogen (secondary N) is 3. The monoisotopic (exact) mass is 619 g/mol. The molecule has 0 saturated carbocycles.